The molecule has 0 atom stereocenters. The number of hydrogen-bond acceptors (Lipinski definition) is 6. The summed E-state index contributed by atoms with van der Waals surface area (Å²) in [5.41, 5.74) is 1.73. The normalized spacial score (nSPS) is 14.4. The van der Waals surface area contributed by atoms with E-state index in [0.717, 1.165) is 3.57 Å². The largest absolute Gasteiger partial charge is 0.497 e. The van der Waals surface area contributed by atoms with Gasteiger partial charge in [-0.05, 0) is 107 Å². The maximum absolute atomic E-state index is 13.1. The smallest absolute Gasteiger partial charge is 0.270 e. The Morgan fingerprint density at radius 1 is 1.00 bits per heavy atom. The molecule has 10 heteroatoms. The maximum atomic E-state index is 13.1. The zero-order valence-electron chi connectivity index (χ0n) is 19.0. The minimum atomic E-state index is -0.581. The van der Waals surface area contributed by atoms with Gasteiger partial charge in [-0.1, -0.05) is 12.1 Å². The molecule has 0 radical (unpaired) electrons. The Bertz CT molecular complexity index is 1340. The summed E-state index contributed by atoms with van der Waals surface area (Å²) in [5.74, 6) is -0.315. The topological polar surface area (TPSA) is 97.0 Å². The van der Waals surface area contributed by atoms with Gasteiger partial charge in [0.1, 0.15) is 17.1 Å². The van der Waals surface area contributed by atoms with Gasteiger partial charge in [-0.25, -0.2) is 0 Å². The predicted octanol–water partition coefficient (Wildman–Crippen LogP) is 4.15. The lowest BCUT2D eigenvalue weighted by Crippen LogP contribution is -2.54. The Kier molecular flexibility index (Phi) is 7.96. The number of rotatable bonds is 7. The number of amides is 3. The molecule has 1 heterocycles. The average Bonchev–Trinajstić information content (AvgIpc) is 2.87. The van der Waals surface area contributed by atoms with E-state index in [2.05, 4.69) is 33.2 Å². The molecule has 4 rings (SSSR count). The van der Waals surface area contributed by atoms with Crippen LogP contribution in [0.2, 0.25) is 0 Å². The van der Waals surface area contributed by atoms with Crippen LogP contribution in [0.1, 0.15) is 5.56 Å². The number of ether oxygens (including phenoxy) is 2. The first-order valence-corrected chi connectivity index (χ1v) is 12.2. The van der Waals surface area contributed by atoms with Gasteiger partial charge in [-0.2, -0.15) is 0 Å². The Morgan fingerprint density at radius 2 is 1.64 bits per heavy atom. The van der Waals surface area contributed by atoms with Crippen molar-refractivity contribution < 1.29 is 23.9 Å². The summed E-state index contributed by atoms with van der Waals surface area (Å²) in [4.78, 5) is 39.0. The third-order valence-corrected chi connectivity index (χ3v) is 6.13. The second kappa shape index (κ2) is 11.3. The van der Waals surface area contributed by atoms with E-state index < -0.39 is 11.8 Å². The molecular formula is C26H20IN3O5S. The van der Waals surface area contributed by atoms with Gasteiger partial charge in [-0.3, -0.25) is 24.6 Å². The molecule has 0 saturated carbocycles. The third kappa shape index (κ3) is 6.07. The van der Waals surface area contributed by atoms with Crippen LogP contribution in [0, 0.1) is 3.57 Å². The Balaban J connectivity index is 1.42. The monoisotopic (exact) mass is 613 g/mol. The molecule has 1 aliphatic rings. The molecule has 2 N–H and O–H groups in total. The number of nitrogens with one attached hydrogen (secondary N) is 2. The van der Waals surface area contributed by atoms with Crippen LogP contribution in [0.15, 0.2) is 78.4 Å². The first kappa shape index (κ1) is 25.3. The molecule has 8 nitrogen and oxygen atoms in total. The van der Waals surface area contributed by atoms with Crippen molar-refractivity contribution in [3.8, 4) is 11.5 Å². The molecule has 1 saturated heterocycles. The van der Waals surface area contributed by atoms with Crippen molar-refractivity contribution >= 4 is 75.1 Å². The highest BCUT2D eigenvalue weighted by Crippen LogP contribution is 2.25. The van der Waals surface area contributed by atoms with E-state index >= 15 is 0 Å². The molecule has 0 unspecified atom stereocenters. The van der Waals surface area contributed by atoms with E-state index in [9.17, 15) is 14.4 Å². The van der Waals surface area contributed by atoms with E-state index in [1.807, 2.05) is 24.3 Å². The van der Waals surface area contributed by atoms with Crippen molar-refractivity contribution in [1.82, 2.24) is 5.32 Å². The van der Waals surface area contributed by atoms with Crippen molar-refractivity contribution in [3.63, 3.8) is 0 Å². The fourth-order valence-corrected chi connectivity index (χ4v) is 3.97. The van der Waals surface area contributed by atoms with Crippen molar-refractivity contribution in [2.24, 2.45) is 0 Å². The lowest BCUT2D eigenvalue weighted by Gasteiger charge is -2.29. The number of carbonyl (C=O) groups excluding carboxylic acids is 3. The molecular weight excluding hydrogens is 593 g/mol. The van der Waals surface area contributed by atoms with Crippen molar-refractivity contribution in [3.05, 3.63) is 87.5 Å². The van der Waals surface area contributed by atoms with Crippen molar-refractivity contribution in [2.45, 2.75) is 0 Å². The second-order valence-electron chi connectivity index (χ2n) is 7.57. The Hall–Kier alpha value is -3.77. The molecule has 1 fully saturated rings. The Labute approximate surface area is 226 Å². The van der Waals surface area contributed by atoms with Crippen LogP contribution < -0.4 is 25.0 Å². The van der Waals surface area contributed by atoms with Crippen molar-refractivity contribution in [2.75, 3.05) is 23.9 Å². The van der Waals surface area contributed by atoms with Gasteiger partial charge >= 0.3 is 0 Å². The standard InChI is InChI=1S/C26H20IN3O5S/c1-34-20-12-8-19(9-13-20)30-25(33)22(24(32)29-26(30)36)14-16-2-10-21(11-3-16)35-15-23(31)28-18-6-4-17(27)5-7-18/h2-14H,15H2,1H3,(H,28,31)(H,29,32,36)/b22-14-. The fraction of sp³-hybridized carbons (Fsp3) is 0.0769. The molecule has 0 aromatic heterocycles. The number of benzene rings is 3. The molecule has 3 aromatic rings. The summed E-state index contributed by atoms with van der Waals surface area (Å²) < 4.78 is 11.8. The van der Waals surface area contributed by atoms with Gasteiger partial charge < -0.3 is 14.8 Å². The maximum Gasteiger partial charge on any atom is 0.270 e. The van der Waals surface area contributed by atoms with Crippen LogP contribution in [-0.4, -0.2) is 36.6 Å². The summed E-state index contributed by atoms with van der Waals surface area (Å²) in [6.45, 7) is -0.165. The highest BCUT2D eigenvalue weighted by Gasteiger charge is 2.34. The average molecular weight is 613 g/mol. The minimum absolute atomic E-state index is 0.000390. The van der Waals surface area contributed by atoms with Gasteiger partial charge in [0.2, 0.25) is 0 Å². The van der Waals surface area contributed by atoms with E-state index in [-0.39, 0.29) is 23.2 Å². The zero-order chi connectivity index (χ0) is 25.7. The summed E-state index contributed by atoms with van der Waals surface area (Å²) in [7, 11) is 1.54. The van der Waals surface area contributed by atoms with Gasteiger partial charge in [-0.15, -0.1) is 0 Å². The first-order valence-electron chi connectivity index (χ1n) is 10.7. The van der Waals surface area contributed by atoms with Crippen LogP contribution in [0.25, 0.3) is 6.08 Å². The summed E-state index contributed by atoms with van der Waals surface area (Å²) in [6.07, 6.45) is 1.48. The lowest BCUT2D eigenvalue weighted by atomic mass is 10.1. The highest BCUT2D eigenvalue weighted by atomic mass is 127. The molecule has 0 aliphatic carbocycles. The molecule has 1 aliphatic heterocycles. The number of hydrogen-bond donors (Lipinski definition) is 2. The highest BCUT2D eigenvalue weighted by molar-refractivity contribution is 14.1. The molecule has 3 amide bonds. The van der Waals surface area contributed by atoms with Gasteiger partial charge in [0.25, 0.3) is 17.7 Å². The van der Waals surface area contributed by atoms with E-state index in [1.54, 1.807) is 55.6 Å². The van der Waals surface area contributed by atoms with Gasteiger partial charge in [0, 0.05) is 9.26 Å². The fourth-order valence-electron chi connectivity index (χ4n) is 3.33. The van der Waals surface area contributed by atoms with Crippen molar-refractivity contribution in [1.29, 1.82) is 0 Å². The number of anilines is 2. The number of nitrogens with zero attached hydrogens (tertiary/aromatic N) is 1. The SMILES string of the molecule is COc1ccc(N2C(=O)/C(=C\c3ccc(OCC(=O)Nc4ccc(I)cc4)cc3)C(=O)NC2=S)cc1. The minimum Gasteiger partial charge on any atom is -0.497 e. The molecule has 0 bridgehead atoms. The molecule has 182 valence electrons. The molecule has 36 heavy (non-hydrogen) atoms. The molecule has 3 aromatic carbocycles. The number of halogens is 1. The van der Waals surface area contributed by atoms with E-state index in [4.69, 9.17) is 21.7 Å². The summed E-state index contributed by atoms with van der Waals surface area (Å²) in [5, 5.41) is 5.31. The van der Waals surface area contributed by atoms with Gasteiger partial charge in [0.15, 0.2) is 11.7 Å². The number of thiocarbonyl (C=S) groups is 1. The summed E-state index contributed by atoms with van der Waals surface area (Å²) >= 11 is 7.41. The molecule has 0 spiro atoms. The zero-order valence-corrected chi connectivity index (χ0v) is 22.0. The third-order valence-electron chi connectivity index (χ3n) is 5.12. The Morgan fingerprint density at radius 3 is 2.28 bits per heavy atom. The van der Waals surface area contributed by atoms with Crippen LogP contribution in [0.5, 0.6) is 11.5 Å². The predicted molar refractivity (Wildman–Crippen MR) is 149 cm³/mol. The van der Waals surface area contributed by atoms with Crippen LogP contribution in [-0.2, 0) is 14.4 Å². The number of carbonyl (C=O) groups is 3. The van der Waals surface area contributed by atoms with Crippen LogP contribution >= 0.6 is 34.8 Å². The summed E-state index contributed by atoms with van der Waals surface area (Å²) in [6, 6.07) is 20.8. The number of methoxy groups -OCH3 is 1. The van der Waals surface area contributed by atoms with E-state index in [1.165, 1.54) is 11.0 Å². The van der Waals surface area contributed by atoms with Crippen LogP contribution in [0.3, 0.4) is 0 Å². The van der Waals surface area contributed by atoms with Gasteiger partial charge in [0.05, 0.1) is 12.8 Å². The van der Waals surface area contributed by atoms with Crippen LogP contribution in [0.4, 0.5) is 11.4 Å². The quantitative estimate of drug-likeness (QED) is 0.180. The van der Waals surface area contributed by atoms with E-state index in [0.29, 0.717) is 28.4 Å². The first-order chi connectivity index (χ1) is 17.3. The second-order valence-corrected chi connectivity index (χ2v) is 9.20. The lowest BCUT2D eigenvalue weighted by molar-refractivity contribution is -0.122.